The Balaban J connectivity index is 2.07. The monoisotopic (exact) mass is 364 g/mol. The molecule has 25 heavy (non-hydrogen) atoms. The van der Waals surface area contributed by atoms with E-state index in [4.69, 9.17) is 9.47 Å². The fraction of sp³-hybridized carbons (Fsp3) is 0.235. The van der Waals surface area contributed by atoms with E-state index >= 15 is 0 Å². The third-order valence-corrected chi connectivity index (χ3v) is 5.05. The molecular formula is C17H20N2O5S. The van der Waals surface area contributed by atoms with Crippen molar-refractivity contribution in [3.63, 3.8) is 0 Å². The highest BCUT2D eigenvalue weighted by Crippen LogP contribution is 2.28. The van der Waals surface area contributed by atoms with E-state index in [0.717, 1.165) is 0 Å². The van der Waals surface area contributed by atoms with Gasteiger partial charge in [-0.3, -0.25) is 4.79 Å². The van der Waals surface area contributed by atoms with Gasteiger partial charge in [-0.15, -0.1) is 0 Å². The minimum absolute atomic E-state index is 0.141. The minimum atomic E-state index is -3.77. The van der Waals surface area contributed by atoms with E-state index in [1.54, 1.807) is 43.3 Å². The summed E-state index contributed by atoms with van der Waals surface area (Å²) in [7, 11) is -0.799. The van der Waals surface area contributed by atoms with Gasteiger partial charge in [-0.05, 0) is 30.7 Å². The first-order valence-electron chi connectivity index (χ1n) is 7.44. The largest absolute Gasteiger partial charge is 0.497 e. The fourth-order valence-corrected chi connectivity index (χ4v) is 3.43. The first-order valence-corrected chi connectivity index (χ1v) is 8.93. The van der Waals surface area contributed by atoms with Crippen LogP contribution in [0.4, 0.5) is 5.69 Å². The van der Waals surface area contributed by atoms with Gasteiger partial charge in [0.25, 0.3) is 0 Å². The number of benzene rings is 2. The lowest BCUT2D eigenvalue weighted by atomic mass is 10.2. The number of sulfonamides is 1. The molecule has 2 N–H and O–H groups in total. The quantitative estimate of drug-likeness (QED) is 0.783. The molecule has 7 nitrogen and oxygen atoms in total. The zero-order valence-electron chi connectivity index (χ0n) is 14.2. The number of nitrogens with one attached hydrogen (secondary N) is 2. The average Bonchev–Trinajstić information content (AvgIpc) is 2.60. The van der Waals surface area contributed by atoms with E-state index < -0.39 is 22.5 Å². The van der Waals surface area contributed by atoms with Gasteiger partial charge in [0.1, 0.15) is 11.5 Å². The van der Waals surface area contributed by atoms with Crippen LogP contribution < -0.4 is 19.5 Å². The van der Waals surface area contributed by atoms with Gasteiger partial charge >= 0.3 is 0 Å². The zero-order chi connectivity index (χ0) is 18.4. The Kier molecular flexibility index (Phi) is 6.00. The zero-order valence-corrected chi connectivity index (χ0v) is 15.0. The van der Waals surface area contributed by atoms with Gasteiger partial charge in [0.05, 0.1) is 31.3 Å². The first kappa shape index (κ1) is 18.8. The summed E-state index contributed by atoms with van der Waals surface area (Å²) in [6.45, 7) is 1.28. The number of methoxy groups -OCH3 is 2. The third-order valence-electron chi connectivity index (χ3n) is 3.49. The molecule has 8 heteroatoms. The molecule has 0 spiro atoms. The van der Waals surface area contributed by atoms with Crippen LogP contribution >= 0.6 is 0 Å². The van der Waals surface area contributed by atoms with Crippen LogP contribution in [-0.2, 0) is 14.8 Å². The number of carbonyl (C=O) groups is 1. The minimum Gasteiger partial charge on any atom is -0.497 e. The Bertz CT molecular complexity index is 865. The lowest BCUT2D eigenvalue weighted by Gasteiger charge is -2.12. The third kappa shape index (κ3) is 4.71. The summed E-state index contributed by atoms with van der Waals surface area (Å²) in [5.74, 6) is 0.455. The predicted octanol–water partition coefficient (Wildman–Crippen LogP) is 1.93. The molecule has 0 unspecified atom stereocenters. The molecule has 0 saturated heterocycles. The fourth-order valence-electron chi connectivity index (χ4n) is 2.20. The smallest absolute Gasteiger partial charge is 0.241 e. The molecule has 0 aromatic heterocycles. The molecule has 2 rings (SSSR count). The second kappa shape index (κ2) is 8.00. The molecule has 0 aliphatic heterocycles. The number of anilines is 1. The molecule has 1 amide bonds. The van der Waals surface area contributed by atoms with Crippen LogP contribution in [0.5, 0.6) is 11.5 Å². The molecule has 2 aromatic carbocycles. The van der Waals surface area contributed by atoms with Gasteiger partial charge in [-0.1, -0.05) is 18.2 Å². The van der Waals surface area contributed by atoms with Crippen molar-refractivity contribution in [1.29, 1.82) is 0 Å². The molecule has 0 saturated carbocycles. The van der Waals surface area contributed by atoms with Crippen molar-refractivity contribution in [2.45, 2.75) is 11.8 Å². The van der Waals surface area contributed by atoms with Crippen LogP contribution in [0.25, 0.3) is 0 Å². The number of ether oxygens (including phenoxy) is 2. The molecule has 0 radical (unpaired) electrons. The lowest BCUT2D eigenvalue weighted by Crippen LogP contribution is -2.33. The molecule has 134 valence electrons. The Morgan fingerprint density at radius 2 is 1.80 bits per heavy atom. The highest BCUT2D eigenvalue weighted by atomic mass is 32.2. The number of hydrogen-bond donors (Lipinski definition) is 2. The Morgan fingerprint density at radius 1 is 1.08 bits per heavy atom. The highest BCUT2D eigenvalue weighted by molar-refractivity contribution is 7.89. The van der Waals surface area contributed by atoms with Crippen LogP contribution in [0, 0.1) is 6.92 Å². The second-order valence-electron chi connectivity index (χ2n) is 5.20. The van der Waals surface area contributed by atoms with Gasteiger partial charge in [0.2, 0.25) is 15.9 Å². The topological polar surface area (TPSA) is 93.7 Å². The van der Waals surface area contributed by atoms with Gasteiger partial charge in [0.15, 0.2) is 0 Å². The van der Waals surface area contributed by atoms with E-state index in [1.807, 2.05) is 0 Å². The Hall–Kier alpha value is -2.58. The normalized spacial score (nSPS) is 11.0. The van der Waals surface area contributed by atoms with E-state index in [0.29, 0.717) is 22.7 Å². The molecule has 0 fully saturated rings. The summed E-state index contributed by atoms with van der Waals surface area (Å²) in [5.41, 5.74) is 0.992. The number of carbonyl (C=O) groups excluding carboxylic acids is 1. The van der Waals surface area contributed by atoms with Crippen LogP contribution in [-0.4, -0.2) is 35.1 Å². The Morgan fingerprint density at radius 3 is 2.44 bits per heavy atom. The summed E-state index contributed by atoms with van der Waals surface area (Å²) in [5, 5.41) is 2.60. The number of aryl methyl sites for hydroxylation is 1. The SMILES string of the molecule is COc1ccc(OC)c(NC(=O)CNS(=O)(=O)c2ccccc2C)c1. The molecule has 0 heterocycles. The summed E-state index contributed by atoms with van der Waals surface area (Å²) in [4.78, 5) is 12.2. The van der Waals surface area contributed by atoms with E-state index in [-0.39, 0.29) is 4.90 Å². The van der Waals surface area contributed by atoms with E-state index in [9.17, 15) is 13.2 Å². The van der Waals surface area contributed by atoms with Crippen LogP contribution in [0.1, 0.15) is 5.56 Å². The average molecular weight is 364 g/mol. The van der Waals surface area contributed by atoms with E-state index in [1.165, 1.54) is 20.3 Å². The van der Waals surface area contributed by atoms with E-state index in [2.05, 4.69) is 10.0 Å². The lowest BCUT2D eigenvalue weighted by molar-refractivity contribution is -0.115. The van der Waals surface area contributed by atoms with Crippen molar-refractivity contribution in [3.8, 4) is 11.5 Å². The first-order chi connectivity index (χ1) is 11.9. The predicted molar refractivity (Wildman–Crippen MR) is 94.5 cm³/mol. The molecule has 0 bridgehead atoms. The van der Waals surface area contributed by atoms with Crippen molar-refractivity contribution < 1.29 is 22.7 Å². The van der Waals surface area contributed by atoms with Crippen LogP contribution in [0.2, 0.25) is 0 Å². The highest BCUT2D eigenvalue weighted by Gasteiger charge is 2.18. The van der Waals surface area contributed by atoms with Gasteiger partial charge in [0, 0.05) is 6.07 Å². The van der Waals surface area contributed by atoms with Crippen molar-refractivity contribution in [3.05, 3.63) is 48.0 Å². The maximum Gasteiger partial charge on any atom is 0.241 e. The second-order valence-corrected chi connectivity index (χ2v) is 6.94. The van der Waals surface area contributed by atoms with Crippen molar-refractivity contribution in [2.75, 3.05) is 26.1 Å². The summed E-state index contributed by atoms with van der Waals surface area (Å²) in [6.07, 6.45) is 0. The van der Waals surface area contributed by atoms with Crippen molar-refractivity contribution in [1.82, 2.24) is 4.72 Å². The van der Waals surface area contributed by atoms with Crippen LogP contribution in [0.3, 0.4) is 0 Å². The molecule has 0 aliphatic carbocycles. The Labute approximate surface area is 147 Å². The van der Waals surface area contributed by atoms with Crippen LogP contribution in [0.15, 0.2) is 47.4 Å². The maximum atomic E-state index is 12.3. The maximum absolute atomic E-state index is 12.3. The summed E-state index contributed by atoms with van der Waals surface area (Å²) >= 11 is 0. The molecule has 2 aromatic rings. The van der Waals surface area contributed by atoms with Crippen molar-refractivity contribution in [2.24, 2.45) is 0 Å². The van der Waals surface area contributed by atoms with Gasteiger partial charge < -0.3 is 14.8 Å². The van der Waals surface area contributed by atoms with Crippen molar-refractivity contribution >= 4 is 21.6 Å². The van der Waals surface area contributed by atoms with Gasteiger partial charge in [-0.2, -0.15) is 0 Å². The standard InChI is InChI=1S/C17H20N2O5S/c1-12-6-4-5-7-16(12)25(21,22)18-11-17(20)19-14-10-13(23-2)8-9-15(14)24-3/h4-10,18H,11H2,1-3H3,(H,19,20). The summed E-state index contributed by atoms with van der Waals surface area (Å²) < 4.78 is 37.2. The molecular weight excluding hydrogens is 344 g/mol. The molecule has 0 aliphatic rings. The number of hydrogen-bond acceptors (Lipinski definition) is 5. The number of rotatable bonds is 7. The number of amides is 1. The molecule has 0 atom stereocenters. The summed E-state index contributed by atoms with van der Waals surface area (Å²) in [6, 6.07) is 11.5. The van der Waals surface area contributed by atoms with Gasteiger partial charge in [-0.25, -0.2) is 13.1 Å².